The normalized spacial score (nSPS) is 11.5. The van der Waals surface area contributed by atoms with Gasteiger partial charge in [-0.05, 0) is 134 Å². The Morgan fingerprint density at radius 3 is 1.24 bits per heavy atom. The van der Waals surface area contributed by atoms with Crippen molar-refractivity contribution in [2.45, 2.75) is 0 Å². The monoisotopic (exact) mass is 788 g/mol. The molecule has 0 aliphatic carbocycles. The van der Waals surface area contributed by atoms with E-state index in [1.807, 2.05) is 0 Å². The maximum Gasteiger partial charge on any atom is 0.0553 e. The van der Waals surface area contributed by atoms with Crippen molar-refractivity contribution in [3.8, 4) is 67.0 Å². The molecular formula is C60H40N2. The number of rotatable bonds is 7. The molecule has 0 saturated carbocycles. The maximum absolute atomic E-state index is 2.46. The van der Waals surface area contributed by atoms with E-state index >= 15 is 0 Å². The molecule has 0 fully saturated rings. The molecule has 12 aromatic rings. The first-order chi connectivity index (χ1) is 30.7. The van der Waals surface area contributed by atoms with Gasteiger partial charge in [0.25, 0.3) is 0 Å². The SMILES string of the molecule is c1ccc(-c2cccc(-c3cc(-c4cccc(-c5ccccc5)c4)c4c5cc(-c6ccc7c(c6)c6ccccc6n7-c6ccccc6)ccc5n(-c5ccccc5)c4c3)c2)cc1. The molecule has 0 bridgehead atoms. The molecule has 0 N–H and O–H groups in total. The Balaban J connectivity index is 1.13. The highest BCUT2D eigenvalue weighted by atomic mass is 15.0. The first kappa shape index (κ1) is 35.7. The van der Waals surface area contributed by atoms with Crippen LogP contribution in [0.25, 0.3) is 111 Å². The first-order valence-electron chi connectivity index (χ1n) is 21.3. The summed E-state index contributed by atoms with van der Waals surface area (Å²) in [7, 11) is 0. The van der Waals surface area contributed by atoms with Gasteiger partial charge in [0, 0.05) is 32.9 Å². The van der Waals surface area contributed by atoms with E-state index in [0.29, 0.717) is 0 Å². The standard InChI is InChI=1S/C60H40N2/c1-5-17-41(18-6-1)43-21-15-23-45(35-43)49-39-53(48-24-16-22-44(36-48)42-19-7-2-8-20-42)60-55-38-47(32-34-58(55)62(59(60)40-49)51-27-11-4-12-28-51)46-31-33-57-54(37-46)52-29-13-14-30-56(52)61(57)50-25-9-3-10-26-50/h1-40H. The van der Waals surface area contributed by atoms with Crippen LogP contribution in [0.5, 0.6) is 0 Å². The summed E-state index contributed by atoms with van der Waals surface area (Å²) < 4.78 is 4.84. The fourth-order valence-corrected chi connectivity index (χ4v) is 9.59. The lowest BCUT2D eigenvalue weighted by molar-refractivity contribution is 1.18. The summed E-state index contributed by atoms with van der Waals surface area (Å²) in [5, 5.41) is 4.95. The van der Waals surface area contributed by atoms with E-state index in [1.54, 1.807) is 0 Å². The van der Waals surface area contributed by atoms with E-state index in [-0.39, 0.29) is 0 Å². The molecule has 10 aromatic carbocycles. The Hall–Kier alpha value is -8.20. The van der Waals surface area contributed by atoms with Crippen molar-refractivity contribution in [1.82, 2.24) is 9.13 Å². The largest absolute Gasteiger partial charge is 0.309 e. The van der Waals surface area contributed by atoms with E-state index in [9.17, 15) is 0 Å². The van der Waals surface area contributed by atoms with Crippen molar-refractivity contribution in [2.75, 3.05) is 0 Å². The van der Waals surface area contributed by atoms with E-state index in [2.05, 4.69) is 252 Å². The quantitative estimate of drug-likeness (QED) is 0.152. The molecule has 62 heavy (non-hydrogen) atoms. The average molecular weight is 789 g/mol. The van der Waals surface area contributed by atoms with Gasteiger partial charge in [0.05, 0.1) is 22.1 Å². The minimum atomic E-state index is 1.13. The zero-order valence-electron chi connectivity index (χ0n) is 34.0. The van der Waals surface area contributed by atoms with E-state index in [4.69, 9.17) is 0 Å². The van der Waals surface area contributed by atoms with Gasteiger partial charge < -0.3 is 9.13 Å². The van der Waals surface area contributed by atoms with Crippen LogP contribution in [0.1, 0.15) is 0 Å². The predicted molar refractivity (Wildman–Crippen MR) is 262 cm³/mol. The second kappa shape index (κ2) is 14.8. The number of benzene rings is 10. The minimum absolute atomic E-state index is 1.13. The molecule has 0 unspecified atom stereocenters. The Bertz CT molecular complexity index is 3600. The van der Waals surface area contributed by atoms with Gasteiger partial charge >= 0.3 is 0 Å². The molecular weight excluding hydrogens is 749 g/mol. The molecule has 0 saturated heterocycles. The Kier molecular flexibility index (Phi) is 8.53. The van der Waals surface area contributed by atoms with Crippen LogP contribution >= 0.6 is 0 Å². The third kappa shape index (κ3) is 6.04. The lowest BCUT2D eigenvalue weighted by atomic mass is 9.91. The van der Waals surface area contributed by atoms with Gasteiger partial charge in [0.1, 0.15) is 0 Å². The van der Waals surface area contributed by atoms with Gasteiger partial charge in [-0.25, -0.2) is 0 Å². The lowest BCUT2D eigenvalue weighted by Gasteiger charge is -2.14. The van der Waals surface area contributed by atoms with Crippen LogP contribution in [0, 0.1) is 0 Å². The Morgan fingerprint density at radius 2 is 0.629 bits per heavy atom. The Morgan fingerprint density at radius 1 is 0.210 bits per heavy atom. The van der Waals surface area contributed by atoms with Crippen LogP contribution in [-0.2, 0) is 0 Å². The molecule has 12 rings (SSSR count). The third-order valence-corrected chi connectivity index (χ3v) is 12.5. The molecule has 2 nitrogen and oxygen atoms in total. The summed E-state index contributed by atoms with van der Waals surface area (Å²) in [5.74, 6) is 0. The van der Waals surface area contributed by atoms with Gasteiger partial charge in [-0.15, -0.1) is 0 Å². The van der Waals surface area contributed by atoms with Gasteiger partial charge in [0.15, 0.2) is 0 Å². The van der Waals surface area contributed by atoms with Crippen molar-refractivity contribution in [3.63, 3.8) is 0 Å². The van der Waals surface area contributed by atoms with Crippen LogP contribution in [-0.4, -0.2) is 9.13 Å². The molecule has 2 aromatic heterocycles. The minimum Gasteiger partial charge on any atom is -0.309 e. The smallest absolute Gasteiger partial charge is 0.0553 e. The molecule has 0 aliphatic rings. The predicted octanol–water partition coefficient (Wildman–Crippen LogP) is 16.2. The van der Waals surface area contributed by atoms with Crippen LogP contribution in [0.15, 0.2) is 243 Å². The van der Waals surface area contributed by atoms with E-state index in [1.165, 1.54) is 99.2 Å². The fourth-order valence-electron chi connectivity index (χ4n) is 9.59. The number of hydrogen-bond acceptors (Lipinski definition) is 0. The zero-order valence-corrected chi connectivity index (χ0v) is 34.0. The van der Waals surface area contributed by atoms with Crippen LogP contribution in [0.4, 0.5) is 0 Å². The number of para-hydroxylation sites is 3. The van der Waals surface area contributed by atoms with Crippen molar-refractivity contribution in [1.29, 1.82) is 0 Å². The summed E-state index contributed by atoms with van der Waals surface area (Å²) in [6.45, 7) is 0. The summed E-state index contributed by atoms with van der Waals surface area (Å²) in [6.07, 6.45) is 0. The van der Waals surface area contributed by atoms with Crippen molar-refractivity contribution >= 4 is 43.6 Å². The van der Waals surface area contributed by atoms with E-state index < -0.39 is 0 Å². The molecule has 2 heteroatoms. The van der Waals surface area contributed by atoms with Crippen molar-refractivity contribution in [3.05, 3.63) is 243 Å². The second-order valence-corrected chi connectivity index (χ2v) is 16.1. The zero-order chi connectivity index (χ0) is 41.0. The summed E-state index contributed by atoms with van der Waals surface area (Å²) >= 11 is 0. The highest BCUT2D eigenvalue weighted by molar-refractivity contribution is 6.18. The molecule has 0 amide bonds. The highest BCUT2D eigenvalue weighted by Gasteiger charge is 2.21. The fraction of sp³-hybridized carbons (Fsp3) is 0. The second-order valence-electron chi connectivity index (χ2n) is 16.1. The Labute approximate surface area is 360 Å². The van der Waals surface area contributed by atoms with Gasteiger partial charge in [0.2, 0.25) is 0 Å². The number of fused-ring (bicyclic) bond motifs is 6. The van der Waals surface area contributed by atoms with Crippen LogP contribution in [0.2, 0.25) is 0 Å². The number of aromatic nitrogens is 2. The highest BCUT2D eigenvalue weighted by Crippen LogP contribution is 2.44. The molecule has 0 atom stereocenters. The first-order valence-corrected chi connectivity index (χ1v) is 21.3. The number of hydrogen-bond donors (Lipinski definition) is 0. The van der Waals surface area contributed by atoms with Gasteiger partial charge in [-0.2, -0.15) is 0 Å². The summed E-state index contributed by atoms with van der Waals surface area (Å²) in [6, 6.07) is 88.5. The number of nitrogens with zero attached hydrogens (tertiary/aromatic N) is 2. The summed E-state index contributed by atoms with van der Waals surface area (Å²) in [4.78, 5) is 0. The van der Waals surface area contributed by atoms with Gasteiger partial charge in [-0.3, -0.25) is 0 Å². The third-order valence-electron chi connectivity index (χ3n) is 12.5. The van der Waals surface area contributed by atoms with Crippen LogP contribution in [0.3, 0.4) is 0 Å². The average Bonchev–Trinajstić information content (AvgIpc) is 3.87. The maximum atomic E-state index is 2.46. The van der Waals surface area contributed by atoms with E-state index in [0.717, 1.165) is 11.4 Å². The topological polar surface area (TPSA) is 9.86 Å². The molecule has 290 valence electrons. The van der Waals surface area contributed by atoms with Crippen molar-refractivity contribution in [2.24, 2.45) is 0 Å². The van der Waals surface area contributed by atoms with Gasteiger partial charge in [-0.1, -0.05) is 164 Å². The molecule has 2 heterocycles. The molecule has 0 aliphatic heterocycles. The molecule has 0 radical (unpaired) electrons. The van der Waals surface area contributed by atoms with Crippen LogP contribution < -0.4 is 0 Å². The molecule has 0 spiro atoms. The lowest BCUT2D eigenvalue weighted by Crippen LogP contribution is -1.94. The van der Waals surface area contributed by atoms with Crippen molar-refractivity contribution < 1.29 is 0 Å². The summed E-state index contributed by atoms with van der Waals surface area (Å²) in [5.41, 5.74) is 19.0.